The maximum atomic E-state index is 13.8. The fourth-order valence-corrected chi connectivity index (χ4v) is 7.68. The number of aliphatic hydroxyl groups is 1. The molecule has 4 heteroatoms. The summed E-state index contributed by atoms with van der Waals surface area (Å²) in [6.07, 6.45) is 8.75. The minimum atomic E-state index is -0.847. The smallest absolute Gasteiger partial charge is 0.307 e. The Morgan fingerprint density at radius 3 is 2.27 bits per heavy atom. The van der Waals surface area contributed by atoms with Gasteiger partial charge in [-0.1, -0.05) is 53.9 Å². The van der Waals surface area contributed by atoms with Crippen LogP contribution < -0.4 is 0 Å². The molecule has 3 unspecified atom stereocenters. The van der Waals surface area contributed by atoms with Crippen LogP contribution in [0.5, 0.6) is 0 Å². The number of fused-ring (bicyclic) bond motifs is 1. The van der Waals surface area contributed by atoms with Gasteiger partial charge in [-0.2, -0.15) is 0 Å². The number of carboxylic acid groups (broad SMARTS) is 1. The van der Waals surface area contributed by atoms with Crippen molar-refractivity contribution in [2.45, 2.75) is 105 Å². The van der Waals surface area contributed by atoms with Gasteiger partial charge in [-0.25, -0.2) is 0 Å². The lowest BCUT2D eigenvalue weighted by atomic mass is 9.51. The molecule has 0 heterocycles. The minimum absolute atomic E-state index is 0.0775. The molecule has 0 saturated heterocycles. The van der Waals surface area contributed by atoms with E-state index in [9.17, 15) is 19.8 Å². The zero-order valence-corrected chi connectivity index (χ0v) is 19.8. The topological polar surface area (TPSA) is 74.6 Å². The van der Waals surface area contributed by atoms with Crippen LogP contribution in [0.3, 0.4) is 0 Å². The summed E-state index contributed by atoms with van der Waals surface area (Å²) in [5.74, 6) is 0.799. The second-order valence-electron chi connectivity index (χ2n) is 11.9. The molecule has 8 atom stereocenters. The largest absolute Gasteiger partial charge is 0.481 e. The number of rotatable bonds is 7. The van der Waals surface area contributed by atoms with Crippen LogP contribution in [0.25, 0.3) is 0 Å². The lowest BCUT2D eigenvalue weighted by Gasteiger charge is -2.52. The fraction of sp³-hybridized carbons (Fsp3) is 0.923. The molecule has 3 fully saturated rings. The molecule has 0 aromatic carbocycles. The third-order valence-corrected chi connectivity index (χ3v) is 9.61. The predicted molar refractivity (Wildman–Crippen MR) is 119 cm³/mol. The van der Waals surface area contributed by atoms with E-state index < -0.39 is 23.4 Å². The number of ketones is 1. The molecular formula is C26H44O4. The molecule has 3 saturated carbocycles. The van der Waals surface area contributed by atoms with Crippen LogP contribution in [0.15, 0.2) is 0 Å². The monoisotopic (exact) mass is 420 g/mol. The highest BCUT2D eigenvalue weighted by molar-refractivity contribution is 5.87. The second-order valence-corrected chi connectivity index (χ2v) is 11.9. The van der Waals surface area contributed by atoms with E-state index in [1.54, 1.807) is 0 Å². The SMILES string of the molecule is CC(C)CCC[C@@H](C)[C@H]1CC[C@H]2C(=O)[C@@H](C3(C)CCC(O)CC3C(=O)O)CC[C@]12C. The van der Waals surface area contributed by atoms with Crippen molar-refractivity contribution < 1.29 is 19.8 Å². The van der Waals surface area contributed by atoms with Crippen LogP contribution in [-0.2, 0) is 9.59 Å². The summed E-state index contributed by atoms with van der Waals surface area (Å²) in [6, 6.07) is 0. The van der Waals surface area contributed by atoms with Crippen molar-refractivity contribution in [3.05, 3.63) is 0 Å². The number of hydrogen-bond donors (Lipinski definition) is 2. The molecule has 0 bridgehead atoms. The average molecular weight is 421 g/mol. The summed E-state index contributed by atoms with van der Waals surface area (Å²) in [6.45, 7) is 11.3. The molecule has 0 amide bonds. The van der Waals surface area contributed by atoms with E-state index in [2.05, 4.69) is 27.7 Å². The first-order valence-electron chi connectivity index (χ1n) is 12.4. The first-order chi connectivity index (χ1) is 14.0. The Hall–Kier alpha value is -0.900. The molecule has 0 radical (unpaired) electrons. The molecule has 0 aromatic rings. The molecular weight excluding hydrogens is 376 g/mol. The second kappa shape index (κ2) is 8.92. The Balaban J connectivity index is 1.74. The number of hydrogen-bond acceptors (Lipinski definition) is 3. The summed E-state index contributed by atoms with van der Waals surface area (Å²) >= 11 is 0. The van der Waals surface area contributed by atoms with E-state index in [0.29, 0.717) is 30.5 Å². The molecule has 4 nitrogen and oxygen atoms in total. The van der Waals surface area contributed by atoms with Crippen molar-refractivity contribution >= 4 is 11.8 Å². The van der Waals surface area contributed by atoms with Gasteiger partial charge in [0.1, 0.15) is 5.78 Å². The van der Waals surface area contributed by atoms with Gasteiger partial charge in [0.15, 0.2) is 0 Å². The van der Waals surface area contributed by atoms with Crippen molar-refractivity contribution in [1.29, 1.82) is 0 Å². The first kappa shape index (κ1) is 23.8. The van der Waals surface area contributed by atoms with Crippen LogP contribution in [0.2, 0.25) is 0 Å². The highest BCUT2D eigenvalue weighted by Gasteiger charge is 2.59. The summed E-state index contributed by atoms with van der Waals surface area (Å²) in [5.41, 5.74) is -0.446. The van der Waals surface area contributed by atoms with Crippen molar-refractivity contribution in [2.75, 3.05) is 0 Å². The molecule has 0 spiro atoms. The van der Waals surface area contributed by atoms with E-state index in [1.807, 2.05) is 6.92 Å². The zero-order valence-electron chi connectivity index (χ0n) is 19.8. The van der Waals surface area contributed by atoms with Gasteiger partial charge < -0.3 is 10.2 Å². The van der Waals surface area contributed by atoms with E-state index >= 15 is 0 Å². The maximum absolute atomic E-state index is 13.8. The predicted octanol–water partition coefficient (Wildman–Crippen LogP) is 5.71. The lowest BCUT2D eigenvalue weighted by Crippen LogP contribution is -2.53. The van der Waals surface area contributed by atoms with E-state index in [1.165, 1.54) is 19.3 Å². The number of aliphatic carboxylic acids is 1. The van der Waals surface area contributed by atoms with Crippen molar-refractivity contribution in [1.82, 2.24) is 0 Å². The van der Waals surface area contributed by atoms with Gasteiger partial charge in [0.05, 0.1) is 12.0 Å². The summed E-state index contributed by atoms with van der Waals surface area (Å²) in [7, 11) is 0. The summed E-state index contributed by atoms with van der Waals surface area (Å²) < 4.78 is 0. The Kier molecular flexibility index (Phi) is 7.06. The van der Waals surface area contributed by atoms with Gasteiger partial charge in [-0.05, 0) is 73.5 Å². The van der Waals surface area contributed by atoms with Gasteiger partial charge in [0.25, 0.3) is 0 Å². The summed E-state index contributed by atoms with van der Waals surface area (Å²) in [5, 5.41) is 19.9. The number of aliphatic hydroxyl groups excluding tert-OH is 1. The number of carbonyl (C=O) groups excluding carboxylic acids is 1. The quantitative estimate of drug-likeness (QED) is 0.553. The van der Waals surface area contributed by atoms with Crippen LogP contribution >= 0.6 is 0 Å². The average Bonchev–Trinajstić information content (AvgIpc) is 3.01. The highest BCUT2D eigenvalue weighted by atomic mass is 16.4. The lowest BCUT2D eigenvalue weighted by molar-refractivity contribution is -0.161. The Bertz CT molecular complexity index is 643. The van der Waals surface area contributed by atoms with Gasteiger partial charge in [0.2, 0.25) is 0 Å². The molecule has 3 aliphatic rings. The normalized spacial score (nSPS) is 42.9. The minimum Gasteiger partial charge on any atom is -0.481 e. The first-order valence-corrected chi connectivity index (χ1v) is 12.4. The van der Waals surface area contributed by atoms with Gasteiger partial charge in [-0.3, -0.25) is 9.59 Å². The van der Waals surface area contributed by atoms with Crippen LogP contribution in [0.1, 0.15) is 98.8 Å². The highest BCUT2D eigenvalue weighted by Crippen LogP contribution is 2.61. The number of Topliss-reactive ketones (excluding diaryl/α,β-unsaturated/α-hetero) is 1. The van der Waals surface area contributed by atoms with E-state index in [4.69, 9.17) is 0 Å². The van der Waals surface area contributed by atoms with Crippen LogP contribution in [0, 0.1) is 46.3 Å². The third kappa shape index (κ3) is 4.23. The van der Waals surface area contributed by atoms with Gasteiger partial charge in [-0.15, -0.1) is 0 Å². The molecule has 3 rings (SSSR count). The van der Waals surface area contributed by atoms with Crippen LogP contribution in [0.4, 0.5) is 0 Å². The zero-order chi connectivity index (χ0) is 22.3. The van der Waals surface area contributed by atoms with E-state index in [-0.39, 0.29) is 23.7 Å². The Morgan fingerprint density at radius 1 is 1.00 bits per heavy atom. The Labute approximate surface area is 183 Å². The number of carbonyl (C=O) groups is 2. The maximum Gasteiger partial charge on any atom is 0.307 e. The molecule has 30 heavy (non-hydrogen) atoms. The van der Waals surface area contributed by atoms with Crippen molar-refractivity contribution in [3.63, 3.8) is 0 Å². The molecule has 172 valence electrons. The molecule has 3 aliphatic carbocycles. The standard InChI is InChI=1S/C26H44O4/c1-16(2)7-6-8-17(3)19-9-10-20-23(28)21(12-14-25(19,20)4)26(5)13-11-18(27)15-22(26)24(29)30/h16-22,27H,6-15H2,1-5H3,(H,29,30)/t17-,18?,19-,20+,21+,22?,25-,26?/m1/s1. The van der Waals surface area contributed by atoms with Crippen molar-refractivity contribution in [3.8, 4) is 0 Å². The van der Waals surface area contributed by atoms with Gasteiger partial charge >= 0.3 is 5.97 Å². The van der Waals surface area contributed by atoms with E-state index in [0.717, 1.165) is 31.6 Å². The van der Waals surface area contributed by atoms with Gasteiger partial charge in [0, 0.05) is 11.8 Å². The molecule has 0 aliphatic heterocycles. The van der Waals surface area contributed by atoms with Crippen LogP contribution in [-0.4, -0.2) is 28.1 Å². The number of carboxylic acids is 1. The Morgan fingerprint density at radius 2 is 1.63 bits per heavy atom. The fourth-order valence-electron chi connectivity index (χ4n) is 7.68. The molecule has 2 N–H and O–H groups in total. The summed E-state index contributed by atoms with van der Waals surface area (Å²) in [4.78, 5) is 25.8. The third-order valence-electron chi connectivity index (χ3n) is 9.61. The molecule has 0 aromatic heterocycles. The van der Waals surface area contributed by atoms with Crippen molar-refractivity contribution in [2.24, 2.45) is 46.3 Å².